The molecule has 122 valence electrons. The number of carbonyl (C=O) groups excluding carboxylic acids is 1. The van der Waals surface area contributed by atoms with E-state index >= 15 is 0 Å². The molecular weight excluding hydrogens is 403 g/mol. The number of halogens is 3. The Balaban J connectivity index is 2.37. The predicted octanol–water partition coefficient (Wildman–Crippen LogP) is 5.85. The highest BCUT2D eigenvalue weighted by Gasteiger charge is 2.21. The Bertz CT molecular complexity index is 745. The van der Waals surface area contributed by atoms with Crippen molar-refractivity contribution in [2.45, 2.75) is 26.4 Å². The van der Waals surface area contributed by atoms with Crippen molar-refractivity contribution in [1.82, 2.24) is 4.98 Å². The summed E-state index contributed by atoms with van der Waals surface area (Å²) in [7, 11) is 0. The number of hydrogen-bond donors (Lipinski definition) is 1. The molecule has 0 spiro atoms. The molecule has 0 aliphatic carbocycles. The molecule has 0 bridgehead atoms. The third-order valence-electron chi connectivity index (χ3n) is 2.69. The van der Waals surface area contributed by atoms with E-state index in [0.29, 0.717) is 16.4 Å². The molecule has 0 radical (unpaired) electrons. The first kappa shape index (κ1) is 18.0. The normalized spacial score (nSPS) is 11.2. The summed E-state index contributed by atoms with van der Waals surface area (Å²) in [6.45, 7) is 5.40. The summed E-state index contributed by atoms with van der Waals surface area (Å²) < 4.78 is 6.24. The van der Waals surface area contributed by atoms with E-state index < -0.39 is 11.6 Å². The molecule has 2 aromatic rings. The van der Waals surface area contributed by atoms with Gasteiger partial charge in [-0.25, -0.2) is 9.78 Å². The second kappa shape index (κ2) is 7.07. The molecule has 7 heteroatoms. The molecule has 1 N–H and O–H groups in total. The number of carbonyl (C=O) groups is 1. The number of aromatic nitrogens is 1. The summed E-state index contributed by atoms with van der Waals surface area (Å²) in [5.41, 5.74) is 0.789. The Kier molecular flexibility index (Phi) is 5.55. The molecule has 0 aliphatic heterocycles. The predicted molar refractivity (Wildman–Crippen MR) is 96.9 cm³/mol. The van der Waals surface area contributed by atoms with E-state index in [0.717, 1.165) is 4.47 Å². The number of pyridine rings is 1. The van der Waals surface area contributed by atoms with E-state index in [1.54, 1.807) is 39.0 Å². The van der Waals surface area contributed by atoms with Crippen LogP contribution in [0, 0.1) is 0 Å². The molecule has 23 heavy (non-hydrogen) atoms. The third kappa shape index (κ3) is 5.09. The van der Waals surface area contributed by atoms with Crippen molar-refractivity contribution in [2.24, 2.45) is 0 Å². The molecule has 1 aromatic carbocycles. The van der Waals surface area contributed by atoms with Crippen LogP contribution in [0.2, 0.25) is 10.2 Å². The van der Waals surface area contributed by atoms with E-state index in [9.17, 15) is 4.79 Å². The van der Waals surface area contributed by atoms with Crippen molar-refractivity contribution < 1.29 is 9.53 Å². The van der Waals surface area contributed by atoms with Gasteiger partial charge in [-0.3, -0.25) is 0 Å². The topological polar surface area (TPSA) is 51.2 Å². The molecular formula is C16H15BrCl2N2O2. The minimum Gasteiger partial charge on any atom is -0.456 e. The molecule has 0 amide bonds. The molecule has 1 aromatic heterocycles. The number of anilines is 2. The highest BCUT2D eigenvalue weighted by molar-refractivity contribution is 9.10. The number of nitrogens with one attached hydrogen (secondary N) is 1. The minimum atomic E-state index is -0.608. The van der Waals surface area contributed by atoms with Gasteiger partial charge in [0.15, 0.2) is 0 Å². The van der Waals surface area contributed by atoms with Gasteiger partial charge in [0.2, 0.25) is 0 Å². The van der Waals surface area contributed by atoms with E-state index in [2.05, 4.69) is 26.2 Å². The van der Waals surface area contributed by atoms with Gasteiger partial charge in [-0.05, 0) is 45.0 Å². The summed E-state index contributed by atoms with van der Waals surface area (Å²) in [5.74, 6) is -0.489. The first-order valence-corrected chi connectivity index (χ1v) is 8.31. The molecule has 0 saturated heterocycles. The zero-order valence-electron chi connectivity index (χ0n) is 12.8. The van der Waals surface area contributed by atoms with Gasteiger partial charge in [-0.15, -0.1) is 0 Å². The lowest BCUT2D eigenvalue weighted by Crippen LogP contribution is -2.24. The molecule has 1 heterocycles. The van der Waals surface area contributed by atoms with Crippen molar-refractivity contribution in [1.29, 1.82) is 0 Å². The molecule has 0 saturated carbocycles. The van der Waals surface area contributed by atoms with Gasteiger partial charge in [0.1, 0.15) is 16.3 Å². The SMILES string of the molecule is CC(C)(C)OC(=O)c1cnc(Cl)cc1Nc1ccc(Br)cc1Cl. The first-order valence-electron chi connectivity index (χ1n) is 6.77. The average Bonchev–Trinajstić information content (AvgIpc) is 2.40. The van der Waals surface area contributed by atoms with Gasteiger partial charge in [0, 0.05) is 10.7 Å². The number of hydrogen-bond acceptors (Lipinski definition) is 4. The largest absolute Gasteiger partial charge is 0.456 e. The second-order valence-corrected chi connectivity index (χ2v) is 7.51. The summed E-state index contributed by atoms with van der Waals surface area (Å²) in [5, 5.41) is 3.86. The van der Waals surface area contributed by atoms with Crippen LogP contribution in [0.15, 0.2) is 34.9 Å². The lowest BCUT2D eigenvalue weighted by atomic mass is 10.1. The number of benzene rings is 1. The van der Waals surface area contributed by atoms with Crippen LogP contribution in [-0.2, 0) is 4.74 Å². The lowest BCUT2D eigenvalue weighted by Gasteiger charge is -2.21. The Hall–Kier alpha value is -1.30. The van der Waals surface area contributed by atoms with Gasteiger partial charge in [0.25, 0.3) is 0 Å². The molecule has 0 fully saturated rings. The van der Waals surface area contributed by atoms with Gasteiger partial charge in [-0.2, -0.15) is 0 Å². The summed E-state index contributed by atoms with van der Waals surface area (Å²) in [4.78, 5) is 16.3. The molecule has 2 rings (SSSR count). The molecule has 0 unspecified atom stereocenters. The van der Waals surface area contributed by atoms with Crippen LogP contribution in [0.5, 0.6) is 0 Å². The maximum absolute atomic E-state index is 12.3. The third-order valence-corrected chi connectivity index (χ3v) is 3.70. The minimum absolute atomic E-state index is 0.257. The number of ether oxygens (including phenoxy) is 1. The summed E-state index contributed by atoms with van der Waals surface area (Å²) in [6.07, 6.45) is 1.38. The van der Waals surface area contributed by atoms with E-state index in [1.165, 1.54) is 6.20 Å². The van der Waals surface area contributed by atoms with Crippen LogP contribution in [0.4, 0.5) is 11.4 Å². The van der Waals surface area contributed by atoms with Crippen LogP contribution < -0.4 is 5.32 Å². The summed E-state index contributed by atoms with van der Waals surface area (Å²) in [6, 6.07) is 6.93. The number of esters is 1. The number of rotatable bonds is 3. The van der Waals surface area contributed by atoms with Crippen molar-refractivity contribution in [3.8, 4) is 0 Å². The van der Waals surface area contributed by atoms with Crippen molar-refractivity contribution in [3.63, 3.8) is 0 Å². The van der Waals surface area contributed by atoms with E-state index in [1.807, 2.05) is 6.07 Å². The van der Waals surface area contributed by atoms with Gasteiger partial charge < -0.3 is 10.1 Å². The maximum atomic E-state index is 12.3. The highest BCUT2D eigenvalue weighted by Crippen LogP contribution is 2.31. The van der Waals surface area contributed by atoms with Gasteiger partial charge in [-0.1, -0.05) is 39.1 Å². The van der Waals surface area contributed by atoms with Crippen LogP contribution >= 0.6 is 39.1 Å². The zero-order chi connectivity index (χ0) is 17.2. The fraction of sp³-hybridized carbons (Fsp3) is 0.250. The quantitative estimate of drug-likeness (QED) is 0.502. The smallest absolute Gasteiger partial charge is 0.342 e. The zero-order valence-corrected chi connectivity index (χ0v) is 15.9. The first-order chi connectivity index (χ1) is 10.7. The van der Waals surface area contributed by atoms with Crippen LogP contribution in [0.25, 0.3) is 0 Å². The standard InChI is InChI=1S/C16H15BrCl2N2O2/c1-16(2,3)23-15(22)10-8-20-14(19)7-13(10)21-12-5-4-9(17)6-11(12)18/h4-8H,1-3H3,(H,20,21). The van der Waals surface area contributed by atoms with Gasteiger partial charge in [0.05, 0.1) is 16.4 Å². The highest BCUT2D eigenvalue weighted by atomic mass is 79.9. The fourth-order valence-corrected chi connectivity index (χ4v) is 2.64. The van der Waals surface area contributed by atoms with Crippen molar-refractivity contribution in [3.05, 3.63) is 50.7 Å². The van der Waals surface area contributed by atoms with Crippen LogP contribution in [-0.4, -0.2) is 16.6 Å². The van der Waals surface area contributed by atoms with Crippen LogP contribution in [0.1, 0.15) is 31.1 Å². The van der Waals surface area contributed by atoms with Gasteiger partial charge >= 0.3 is 5.97 Å². The van der Waals surface area contributed by atoms with E-state index in [-0.39, 0.29) is 10.7 Å². The lowest BCUT2D eigenvalue weighted by molar-refractivity contribution is 0.00703. The Morgan fingerprint density at radius 3 is 2.52 bits per heavy atom. The molecule has 0 atom stereocenters. The summed E-state index contributed by atoms with van der Waals surface area (Å²) >= 11 is 15.5. The molecule has 4 nitrogen and oxygen atoms in total. The van der Waals surface area contributed by atoms with Crippen molar-refractivity contribution >= 4 is 56.5 Å². The fourth-order valence-electron chi connectivity index (χ4n) is 1.76. The Morgan fingerprint density at radius 1 is 1.22 bits per heavy atom. The maximum Gasteiger partial charge on any atom is 0.342 e. The molecule has 0 aliphatic rings. The number of nitrogens with zero attached hydrogens (tertiary/aromatic N) is 1. The Morgan fingerprint density at radius 2 is 1.91 bits per heavy atom. The Labute approximate surface area is 153 Å². The van der Waals surface area contributed by atoms with E-state index in [4.69, 9.17) is 27.9 Å². The van der Waals surface area contributed by atoms with Crippen LogP contribution in [0.3, 0.4) is 0 Å². The second-order valence-electron chi connectivity index (χ2n) is 5.80. The van der Waals surface area contributed by atoms with Crippen molar-refractivity contribution in [2.75, 3.05) is 5.32 Å². The average molecular weight is 418 g/mol. The monoisotopic (exact) mass is 416 g/mol.